The summed E-state index contributed by atoms with van der Waals surface area (Å²) in [5, 5.41) is 0. The predicted molar refractivity (Wildman–Crippen MR) is 51.5 cm³/mol. The minimum atomic E-state index is -0.280. The van der Waals surface area contributed by atoms with Gasteiger partial charge in [0.1, 0.15) is 0 Å². The smallest absolute Gasteiger partial charge is 0.172 e. The van der Waals surface area contributed by atoms with Crippen LogP contribution in [0.3, 0.4) is 0 Å². The van der Waals surface area contributed by atoms with Gasteiger partial charge in [0, 0.05) is 12.8 Å². The van der Waals surface area contributed by atoms with Gasteiger partial charge >= 0.3 is 0 Å². The molecule has 0 atom stereocenters. The van der Waals surface area contributed by atoms with Crippen molar-refractivity contribution in [3.8, 4) is 0 Å². The maximum Gasteiger partial charge on any atom is 0.172 e. The Balaban J connectivity index is 2.02. The third-order valence-corrected chi connectivity index (χ3v) is 2.92. The van der Waals surface area contributed by atoms with Crippen LogP contribution in [-0.2, 0) is 9.47 Å². The lowest BCUT2D eigenvalue weighted by Gasteiger charge is -2.30. The molecule has 0 aromatic rings. The fraction of sp³-hybridized carbons (Fsp3) is 0.818. The van der Waals surface area contributed by atoms with Gasteiger partial charge in [-0.25, -0.2) is 0 Å². The van der Waals surface area contributed by atoms with Crippen LogP contribution in [-0.4, -0.2) is 19.0 Å². The van der Waals surface area contributed by atoms with Crippen LogP contribution in [0, 0.1) is 0 Å². The van der Waals surface area contributed by atoms with Gasteiger partial charge in [-0.05, 0) is 19.3 Å². The third-order valence-electron chi connectivity index (χ3n) is 2.92. The standard InChI is InChI=1S/C11H18O2/c1-10-5-3-2-4-6-11(9-10)12-7-8-13-11/h1-9H2. The van der Waals surface area contributed by atoms with Gasteiger partial charge in [-0.15, -0.1) is 0 Å². The van der Waals surface area contributed by atoms with Crippen molar-refractivity contribution < 1.29 is 9.47 Å². The summed E-state index contributed by atoms with van der Waals surface area (Å²) in [6, 6.07) is 0. The number of rotatable bonds is 0. The van der Waals surface area contributed by atoms with E-state index in [-0.39, 0.29) is 5.79 Å². The lowest BCUT2D eigenvalue weighted by molar-refractivity contribution is -0.163. The molecule has 0 radical (unpaired) electrons. The maximum atomic E-state index is 5.70. The molecule has 1 aliphatic carbocycles. The van der Waals surface area contributed by atoms with E-state index in [1.54, 1.807) is 0 Å². The van der Waals surface area contributed by atoms with Gasteiger partial charge in [0.2, 0.25) is 0 Å². The van der Waals surface area contributed by atoms with Gasteiger partial charge in [0.05, 0.1) is 13.2 Å². The highest BCUT2D eigenvalue weighted by molar-refractivity contribution is 5.01. The first kappa shape index (κ1) is 9.22. The largest absolute Gasteiger partial charge is 0.347 e. The van der Waals surface area contributed by atoms with Gasteiger partial charge in [-0.1, -0.05) is 18.6 Å². The molecule has 13 heavy (non-hydrogen) atoms. The van der Waals surface area contributed by atoms with Crippen LogP contribution in [0.15, 0.2) is 12.2 Å². The van der Waals surface area contributed by atoms with Crippen molar-refractivity contribution in [2.45, 2.75) is 44.3 Å². The molecule has 2 aliphatic rings. The quantitative estimate of drug-likeness (QED) is 0.536. The summed E-state index contributed by atoms with van der Waals surface area (Å²) in [5.74, 6) is -0.280. The van der Waals surface area contributed by atoms with Crippen LogP contribution in [0.25, 0.3) is 0 Å². The van der Waals surface area contributed by atoms with E-state index in [1.165, 1.54) is 24.8 Å². The molecule has 1 heterocycles. The maximum absolute atomic E-state index is 5.70. The van der Waals surface area contributed by atoms with Gasteiger partial charge in [0.25, 0.3) is 0 Å². The van der Waals surface area contributed by atoms with Crippen molar-refractivity contribution in [3.05, 3.63) is 12.2 Å². The van der Waals surface area contributed by atoms with Crippen molar-refractivity contribution >= 4 is 0 Å². The van der Waals surface area contributed by atoms with Gasteiger partial charge in [-0.2, -0.15) is 0 Å². The average molecular weight is 182 g/mol. The topological polar surface area (TPSA) is 18.5 Å². The molecule has 2 fully saturated rings. The highest BCUT2D eigenvalue weighted by atomic mass is 16.7. The lowest BCUT2D eigenvalue weighted by atomic mass is 9.93. The Hall–Kier alpha value is -0.340. The number of hydrogen-bond acceptors (Lipinski definition) is 2. The molecule has 74 valence electrons. The lowest BCUT2D eigenvalue weighted by Crippen LogP contribution is -2.31. The van der Waals surface area contributed by atoms with Crippen LogP contribution in [0.5, 0.6) is 0 Å². The van der Waals surface area contributed by atoms with E-state index < -0.39 is 0 Å². The Kier molecular flexibility index (Phi) is 2.70. The van der Waals surface area contributed by atoms with Crippen LogP contribution in [0.4, 0.5) is 0 Å². The van der Waals surface area contributed by atoms with Crippen LogP contribution in [0.2, 0.25) is 0 Å². The van der Waals surface area contributed by atoms with E-state index in [0.29, 0.717) is 0 Å². The zero-order valence-corrected chi connectivity index (χ0v) is 8.18. The second-order valence-corrected chi connectivity index (χ2v) is 4.10. The van der Waals surface area contributed by atoms with Crippen LogP contribution < -0.4 is 0 Å². The molecule has 0 N–H and O–H groups in total. The molecule has 1 aliphatic heterocycles. The van der Waals surface area contributed by atoms with Crippen molar-refractivity contribution in [2.24, 2.45) is 0 Å². The van der Waals surface area contributed by atoms with Crippen molar-refractivity contribution in [1.29, 1.82) is 0 Å². The monoisotopic (exact) mass is 182 g/mol. The minimum absolute atomic E-state index is 0.280. The first-order valence-electron chi connectivity index (χ1n) is 5.25. The van der Waals surface area contributed by atoms with Gasteiger partial charge in [0.15, 0.2) is 5.79 Å². The molecule has 2 nitrogen and oxygen atoms in total. The summed E-state index contributed by atoms with van der Waals surface area (Å²) in [6.07, 6.45) is 6.91. The average Bonchev–Trinajstić information content (AvgIpc) is 2.50. The van der Waals surface area contributed by atoms with Gasteiger partial charge in [-0.3, -0.25) is 0 Å². The Bertz CT molecular complexity index is 192. The Morgan fingerprint density at radius 2 is 1.85 bits per heavy atom. The zero-order valence-electron chi connectivity index (χ0n) is 8.18. The summed E-state index contributed by atoms with van der Waals surface area (Å²) < 4.78 is 11.4. The van der Waals surface area contributed by atoms with Crippen LogP contribution >= 0.6 is 0 Å². The minimum Gasteiger partial charge on any atom is -0.347 e. The summed E-state index contributed by atoms with van der Waals surface area (Å²) in [4.78, 5) is 0. The second-order valence-electron chi connectivity index (χ2n) is 4.10. The van der Waals surface area contributed by atoms with Crippen molar-refractivity contribution in [3.63, 3.8) is 0 Å². The zero-order chi connectivity index (χ0) is 9.15. The molecule has 0 aromatic carbocycles. The summed E-state index contributed by atoms with van der Waals surface area (Å²) in [5.41, 5.74) is 1.29. The molecule has 0 bridgehead atoms. The molecule has 0 amide bonds. The van der Waals surface area contributed by atoms with Crippen LogP contribution in [0.1, 0.15) is 38.5 Å². The van der Waals surface area contributed by atoms with E-state index in [1.807, 2.05) is 0 Å². The normalized spacial score (nSPS) is 28.8. The summed E-state index contributed by atoms with van der Waals surface area (Å²) >= 11 is 0. The Morgan fingerprint density at radius 3 is 2.62 bits per heavy atom. The Labute approximate surface area is 79.9 Å². The predicted octanol–water partition coefficient (Wildman–Crippen LogP) is 2.64. The molecule has 1 saturated carbocycles. The van der Waals surface area contributed by atoms with E-state index in [4.69, 9.17) is 9.47 Å². The first-order valence-corrected chi connectivity index (χ1v) is 5.25. The van der Waals surface area contributed by atoms with Gasteiger partial charge < -0.3 is 9.47 Å². The van der Waals surface area contributed by atoms with E-state index in [9.17, 15) is 0 Å². The number of hydrogen-bond donors (Lipinski definition) is 0. The Morgan fingerprint density at radius 1 is 1.08 bits per heavy atom. The van der Waals surface area contributed by atoms with Crippen molar-refractivity contribution in [1.82, 2.24) is 0 Å². The molecule has 1 spiro atoms. The summed E-state index contributed by atoms with van der Waals surface area (Å²) in [6.45, 7) is 5.59. The molecule has 0 unspecified atom stereocenters. The molecular weight excluding hydrogens is 164 g/mol. The number of ether oxygens (including phenoxy) is 2. The second kappa shape index (κ2) is 3.81. The third kappa shape index (κ3) is 2.12. The summed E-state index contributed by atoms with van der Waals surface area (Å²) in [7, 11) is 0. The molecule has 2 rings (SSSR count). The molecule has 0 aromatic heterocycles. The fourth-order valence-corrected chi connectivity index (χ4v) is 2.25. The van der Waals surface area contributed by atoms with E-state index in [0.717, 1.165) is 32.5 Å². The van der Waals surface area contributed by atoms with E-state index >= 15 is 0 Å². The van der Waals surface area contributed by atoms with Crippen molar-refractivity contribution in [2.75, 3.05) is 13.2 Å². The molecule has 1 saturated heterocycles. The first-order chi connectivity index (χ1) is 6.31. The highest BCUT2D eigenvalue weighted by Crippen LogP contribution is 2.35. The fourth-order valence-electron chi connectivity index (χ4n) is 2.25. The van der Waals surface area contributed by atoms with E-state index in [2.05, 4.69) is 6.58 Å². The molecular formula is C11H18O2. The SMILES string of the molecule is C=C1CCCCCC2(C1)OCCO2. The molecule has 2 heteroatoms. The highest BCUT2D eigenvalue weighted by Gasteiger charge is 2.36.